The van der Waals surface area contributed by atoms with Crippen LogP contribution in [0, 0.1) is 11.3 Å². The van der Waals surface area contributed by atoms with Gasteiger partial charge in [0.05, 0.1) is 18.2 Å². The van der Waals surface area contributed by atoms with Gasteiger partial charge in [0.1, 0.15) is 5.01 Å². The van der Waals surface area contributed by atoms with Crippen LogP contribution in [0.3, 0.4) is 0 Å². The fourth-order valence-corrected chi connectivity index (χ4v) is 2.57. The predicted molar refractivity (Wildman–Crippen MR) is 66.2 cm³/mol. The van der Waals surface area contributed by atoms with E-state index in [0.29, 0.717) is 6.42 Å². The van der Waals surface area contributed by atoms with E-state index in [1.54, 1.807) is 11.3 Å². The van der Waals surface area contributed by atoms with Gasteiger partial charge in [-0.3, -0.25) is 0 Å². The number of thiazole rings is 1. The third kappa shape index (κ3) is 2.12. The Morgan fingerprint density at radius 1 is 1.31 bits per heavy atom. The third-order valence-electron chi connectivity index (χ3n) is 2.34. The average Bonchev–Trinajstić information content (AvgIpc) is 2.74. The number of nitriles is 1. The summed E-state index contributed by atoms with van der Waals surface area (Å²) in [7, 11) is 0. The number of aryl methyl sites for hydroxylation is 1. The van der Waals surface area contributed by atoms with Crippen molar-refractivity contribution in [2.75, 3.05) is 0 Å². The summed E-state index contributed by atoms with van der Waals surface area (Å²) in [5.41, 5.74) is 2.18. The van der Waals surface area contributed by atoms with E-state index < -0.39 is 0 Å². The molecule has 0 atom stereocenters. The van der Waals surface area contributed by atoms with Gasteiger partial charge in [-0.1, -0.05) is 37.3 Å². The molecule has 0 radical (unpaired) electrons. The summed E-state index contributed by atoms with van der Waals surface area (Å²) in [5, 5.41) is 9.59. The lowest BCUT2D eigenvalue weighted by atomic mass is 10.1. The van der Waals surface area contributed by atoms with Crippen molar-refractivity contribution in [2.45, 2.75) is 19.8 Å². The predicted octanol–water partition coefficient (Wildman–Crippen LogP) is 3.44. The minimum atomic E-state index is 0.407. The Balaban J connectivity index is 2.44. The van der Waals surface area contributed by atoms with Crippen LogP contribution in [0.25, 0.3) is 11.3 Å². The Morgan fingerprint density at radius 3 is 2.69 bits per heavy atom. The molecule has 0 aliphatic heterocycles. The molecule has 0 saturated carbocycles. The molecule has 2 aromatic rings. The van der Waals surface area contributed by atoms with Crippen molar-refractivity contribution in [3.8, 4) is 17.3 Å². The van der Waals surface area contributed by atoms with Gasteiger partial charge in [-0.2, -0.15) is 5.26 Å². The van der Waals surface area contributed by atoms with Crippen LogP contribution in [0.15, 0.2) is 30.3 Å². The van der Waals surface area contributed by atoms with Crippen LogP contribution < -0.4 is 0 Å². The maximum absolute atomic E-state index is 8.68. The van der Waals surface area contributed by atoms with Crippen molar-refractivity contribution in [3.05, 3.63) is 40.2 Å². The fourth-order valence-electron chi connectivity index (χ4n) is 1.60. The van der Waals surface area contributed by atoms with Crippen LogP contribution in [-0.4, -0.2) is 4.98 Å². The molecular formula is C13H12N2S. The van der Waals surface area contributed by atoms with Crippen molar-refractivity contribution >= 4 is 11.3 Å². The molecule has 0 fully saturated rings. The first-order valence-electron chi connectivity index (χ1n) is 5.26. The molecule has 16 heavy (non-hydrogen) atoms. The smallest absolute Gasteiger partial charge is 0.108 e. The summed E-state index contributed by atoms with van der Waals surface area (Å²) in [6.45, 7) is 2.12. The first-order chi connectivity index (χ1) is 7.85. The Morgan fingerprint density at radius 2 is 2.06 bits per heavy atom. The molecule has 0 aliphatic rings. The summed E-state index contributed by atoms with van der Waals surface area (Å²) < 4.78 is 0. The monoisotopic (exact) mass is 228 g/mol. The highest BCUT2D eigenvalue weighted by Crippen LogP contribution is 2.28. The van der Waals surface area contributed by atoms with Gasteiger partial charge < -0.3 is 0 Å². The molecule has 2 rings (SSSR count). The van der Waals surface area contributed by atoms with Crippen molar-refractivity contribution in [3.63, 3.8) is 0 Å². The first kappa shape index (κ1) is 10.8. The highest BCUT2D eigenvalue weighted by molar-refractivity contribution is 7.12. The second-order valence-corrected chi connectivity index (χ2v) is 4.60. The first-order valence-corrected chi connectivity index (χ1v) is 6.07. The van der Waals surface area contributed by atoms with E-state index in [-0.39, 0.29) is 0 Å². The molecule has 0 bridgehead atoms. The van der Waals surface area contributed by atoms with Crippen LogP contribution in [0.4, 0.5) is 0 Å². The minimum absolute atomic E-state index is 0.407. The van der Waals surface area contributed by atoms with Gasteiger partial charge in [-0.05, 0) is 6.42 Å². The standard InChI is InChI=1S/C13H12N2S/c1-2-11-13(10-6-4-3-5-7-10)15-12(16-11)8-9-14/h3-7H,2,8H2,1H3. The highest BCUT2D eigenvalue weighted by atomic mass is 32.1. The van der Waals surface area contributed by atoms with Gasteiger partial charge in [0.15, 0.2) is 0 Å². The highest BCUT2D eigenvalue weighted by Gasteiger charge is 2.10. The van der Waals surface area contributed by atoms with Crippen molar-refractivity contribution in [2.24, 2.45) is 0 Å². The Bertz CT molecular complexity index is 508. The zero-order chi connectivity index (χ0) is 11.4. The molecule has 3 heteroatoms. The van der Waals surface area contributed by atoms with Crippen LogP contribution >= 0.6 is 11.3 Å². The molecule has 0 N–H and O–H groups in total. The number of benzene rings is 1. The Labute approximate surface area is 99.2 Å². The van der Waals surface area contributed by atoms with Crippen LogP contribution in [-0.2, 0) is 12.8 Å². The Kier molecular flexibility index (Phi) is 3.33. The van der Waals surface area contributed by atoms with Crippen molar-refractivity contribution in [1.29, 1.82) is 5.26 Å². The lowest BCUT2D eigenvalue weighted by molar-refractivity contribution is 1.15. The number of aromatic nitrogens is 1. The van der Waals surface area contributed by atoms with E-state index in [2.05, 4.69) is 30.1 Å². The lowest BCUT2D eigenvalue weighted by Crippen LogP contribution is -1.84. The normalized spacial score (nSPS) is 10.0. The molecule has 0 spiro atoms. The molecular weight excluding hydrogens is 216 g/mol. The summed E-state index contributed by atoms with van der Waals surface area (Å²) >= 11 is 1.65. The van der Waals surface area contributed by atoms with E-state index in [4.69, 9.17) is 5.26 Å². The van der Waals surface area contributed by atoms with E-state index >= 15 is 0 Å². The van der Waals surface area contributed by atoms with Gasteiger partial charge >= 0.3 is 0 Å². The SMILES string of the molecule is CCc1sc(CC#N)nc1-c1ccccc1. The minimum Gasteiger partial charge on any atom is -0.240 e. The average molecular weight is 228 g/mol. The molecule has 80 valence electrons. The molecule has 0 saturated heterocycles. The quantitative estimate of drug-likeness (QED) is 0.807. The molecule has 0 unspecified atom stereocenters. The van der Waals surface area contributed by atoms with Gasteiger partial charge in [-0.25, -0.2) is 4.98 Å². The summed E-state index contributed by atoms with van der Waals surface area (Å²) in [6.07, 6.45) is 1.37. The lowest BCUT2D eigenvalue weighted by Gasteiger charge is -1.98. The topological polar surface area (TPSA) is 36.7 Å². The second kappa shape index (κ2) is 4.91. The zero-order valence-electron chi connectivity index (χ0n) is 9.10. The largest absolute Gasteiger partial charge is 0.240 e. The number of hydrogen-bond acceptors (Lipinski definition) is 3. The molecule has 0 amide bonds. The van der Waals surface area contributed by atoms with Gasteiger partial charge in [-0.15, -0.1) is 11.3 Å². The van der Waals surface area contributed by atoms with Gasteiger partial charge in [0.25, 0.3) is 0 Å². The fraction of sp³-hybridized carbons (Fsp3) is 0.231. The summed E-state index contributed by atoms with van der Waals surface area (Å²) in [4.78, 5) is 5.80. The number of nitrogens with zero attached hydrogens (tertiary/aromatic N) is 2. The van der Waals surface area contributed by atoms with E-state index in [9.17, 15) is 0 Å². The maximum atomic E-state index is 8.68. The zero-order valence-corrected chi connectivity index (χ0v) is 9.92. The van der Waals surface area contributed by atoms with E-state index in [1.807, 2.05) is 18.2 Å². The van der Waals surface area contributed by atoms with Crippen LogP contribution in [0.1, 0.15) is 16.8 Å². The second-order valence-electron chi connectivity index (χ2n) is 3.43. The van der Waals surface area contributed by atoms with Crippen molar-refractivity contribution in [1.82, 2.24) is 4.98 Å². The van der Waals surface area contributed by atoms with Gasteiger partial charge in [0, 0.05) is 10.4 Å². The molecule has 2 nitrogen and oxygen atoms in total. The number of rotatable bonds is 3. The van der Waals surface area contributed by atoms with Crippen LogP contribution in [0.2, 0.25) is 0 Å². The Hall–Kier alpha value is -1.66. The molecule has 1 aromatic carbocycles. The molecule has 1 heterocycles. The van der Waals surface area contributed by atoms with Gasteiger partial charge in [0.2, 0.25) is 0 Å². The number of hydrogen-bond donors (Lipinski definition) is 0. The summed E-state index contributed by atoms with van der Waals surface area (Å²) in [5.74, 6) is 0. The third-order valence-corrected chi connectivity index (χ3v) is 3.54. The van der Waals surface area contributed by atoms with Crippen LogP contribution in [0.5, 0.6) is 0 Å². The van der Waals surface area contributed by atoms with Crippen molar-refractivity contribution < 1.29 is 0 Å². The van der Waals surface area contributed by atoms with E-state index in [1.165, 1.54) is 4.88 Å². The summed E-state index contributed by atoms with van der Waals surface area (Å²) in [6, 6.07) is 12.3. The maximum Gasteiger partial charge on any atom is 0.108 e. The molecule has 1 aromatic heterocycles. The molecule has 0 aliphatic carbocycles. The van der Waals surface area contributed by atoms with E-state index in [0.717, 1.165) is 22.7 Å².